The highest BCUT2D eigenvalue weighted by Crippen LogP contribution is 2.25. The number of aryl methyl sites for hydroxylation is 1. The first-order valence-corrected chi connectivity index (χ1v) is 7.16. The number of pyridine rings is 1. The molecule has 0 N–H and O–H groups in total. The van der Waals surface area contributed by atoms with Gasteiger partial charge in [-0.2, -0.15) is 5.26 Å². The quantitative estimate of drug-likeness (QED) is 0.745. The van der Waals surface area contributed by atoms with E-state index >= 15 is 0 Å². The van der Waals surface area contributed by atoms with Crippen molar-refractivity contribution < 1.29 is 4.52 Å². The van der Waals surface area contributed by atoms with Gasteiger partial charge in [-0.3, -0.25) is 4.79 Å². The summed E-state index contributed by atoms with van der Waals surface area (Å²) in [6.07, 6.45) is 1.66. The molecule has 0 amide bonds. The third kappa shape index (κ3) is 2.51. The number of rotatable bonds is 3. The number of hydrogen-bond acceptors (Lipinski definition) is 5. The van der Waals surface area contributed by atoms with Gasteiger partial charge in [0.2, 0.25) is 0 Å². The van der Waals surface area contributed by atoms with Crippen LogP contribution < -0.4 is 5.56 Å². The van der Waals surface area contributed by atoms with Gasteiger partial charge in [-0.15, -0.1) is 11.3 Å². The minimum Gasteiger partial charge on any atom is -0.355 e. The van der Waals surface area contributed by atoms with Gasteiger partial charge in [0.25, 0.3) is 5.56 Å². The zero-order chi connectivity index (χ0) is 14.8. The van der Waals surface area contributed by atoms with Crippen LogP contribution >= 0.6 is 11.3 Å². The largest absolute Gasteiger partial charge is 0.355 e. The van der Waals surface area contributed by atoms with E-state index in [1.54, 1.807) is 30.5 Å². The van der Waals surface area contributed by atoms with Crippen molar-refractivity contribution >= 4 is 11.3 Å². The minimum atomic E-state index is -0.307. The standard InChI is InChI=1S/C15H11N3O2S/c1-10-4-5-18(15(19)12(10)8-16)9-11-7-13(20-17-11)14-3-2-6-21-14/h2-7H,9H2,1H3. The van der Waals surface area contributed by atoms with Crippen LogP contribution in [0.25, 0.3) is 10.6 Å². The summed E-state index contributed by atoms with van der Waals surface area (Å²) < 4.78 is 6.74. The molecule has 3 rings (SSSR count). The zero-order valence-electron chi connectivity index (χ0n) is 11.2. The highest BCUT2D eigenvalue weighted by Gasteiger charge is 2.11. The Morgan fingerprint density at radius 1 is 1.48 bits per heavy atom. The van der Waals surface area contributed by atoms with E-state index in [2.05, 4.69) is 5.16 Å². The van der Waals surface area contributed by atoms with Gasteiger partial charge in [-0.1, -0.05) is 11.2 Å². The Morgan fingerprint density at radius 2 is 2.33 bits per heavy atom. The third-order valence-electron chi connectivity index (χ3n) is 3.14. The average Bonchev–Trinajstić information content (AvgIpc) is 3.13. The fourth-order valence-corrected chi connectivity index (χ4v) is 2.69. The maximum absolute atomic E-state index is 12.1. The van der Waals surface area contributed by atoms with Gasteiger partial charge in [0, 0.05) is 12.3 Å². The highest BCUT2D eigenvalue weighted by atomic mass is 32.1. The Kier molecular flexibility index (Phi) is 3.42. The Balaban J connectivity index is 1.92. The smallest absolute Gasteiger partial charge is 0.269 e. The van der Waals surface area contributed by atoms with Crippen molar-refractivity contribution in [2.24, 2.45) is 0 Å². The van der Waals surface area contributed by atoms with Crippen molar-refractivity contribution in [1.29, 1.82) is 5.26 Å². The summed E-state index contributed by atoms with van der Waals surface area (Å²) in [5.41, 5.74) is 1.18. The summed E-state index contributed by atoms with van der Waals surface area (Å²) in [4.78, 5) is 13.1. The lowest BCUT2D eigenvalue weighted by Crippen LogP contribution is -2.23. The van der Waals surface area contributed by atoms with Crippen LogP contribution in [-0.2, 0) is 6.54 Å². The van der Waals surface area contributed by atoms with Crippen LogP contribution in [0.15, 0.2) is 45.2 Å². The first-order valence-electron chi connectivity index (χ1n) is 6.28. The molecule has 0 aliphatic rings. The van der Waals surface area contributed by atoms with E-state index in [4.69, 9.17) is 9.78 Å². The van der Waals surface area contributed by atoms with Gasteiger partial charge >= 0.3 is 0 Å². The van der Waals surface area contributed by atoms with Gasteiger partial charge in [0.1, 0.15) is 17.3 Å². The van der Waals surface area contributed by atoms with Gasteiger partial charge in [0.05, 0.1) is 11.4 Å². The van der Waals surface area contributed by atoms with Crippen LogP contribution in [-0.4, -0.2) is 9.72 Å². The minimum absolute atomic E-state index is 0.166. The summed E-state index contributed by atoms with van der Waals surface area (Å²) in [6.45, 7) is 2.03. The molecule has 3 aromatic rings. The van der Waals surface area contributed by atoms with Crippen LogP contribution in [0, 0.1) is 18.3 Å². The van der Waals surface area contributed by atoms with Crippen LogP contribution in [0.3, 0.4) is 0 Å². The lowest BCUT2D eigenvalue weighted by Gasteiger charge is -2.04. The second kappa shape index (κ2) is 5.38. The Morgan fingerprint density at radius 3 is 3.05 bits per heavy atom. The van der Waals surface area contributed by atoms with Crippen molar-refractivity contribution in [3.8, 4) is 16.7 Å². The summed E-state index contributed by atoms with van der Waals surface area (Å²) >= 11 is 1.56. The molecule has 0 saturated heterocycles. The van der Waals surface area contributed by atoms with Gasteiger partial charge in [-0.05, 0) is 30.0 Å². The van der Waals surface area contributed by atoms with Gasteiger partial charge < -0.3 is 9.09 Å². The molecule has 6 heteroatoms. The van der Waals surface area contributed by atoms with Crippen molar-refractivity contribution in [3.05, 3.63) is 63.0 Å². The summed E-state index contributed by atoms with van der Waals surface area (Å²) in [5, 5.41) is 15.0. The van der Waals surface area contributed by atoms with Crippen molar-refractivity contribution in [3.63, 3.8) is 0 Å². The molecule has 21 heavy (non-hydrogen) atoms. The summed E-state index contributed by atoms with van der Waals surface area (Å²) in [5.74, 6) is 0.681. The molecule has 0 saturated carbocycles. The predicted molar refractivity (Wildman–Crippen MR) is 79.1 cm³/mol. The molecule has 3 heterocycles. The third-order valence-corrected chi connectivity index (χ3v) is 4.03. The summed E-state index contributed by atoms with van der Waals surface area (Å²) in [6, 6.07) is 9.38. The molecule has 0 spiro atoms. The predicted octanol–water partition coefficient (Wildman–Crippen LogP) is 2.79. The normalized spacial score (nSPS) is 10.5. The second-order valence-electron chi connectivity index (χ2n) is 4.58. The van der Waals surface area contributed by atoms with E-state index in [1.165, 1.54) is 4.57 Å². The zero-order valence-corrected chi connectivity index (χ0v) is 12.1. The van der Waals surface area contributed by atoms with E-state index in [0.717, 1.165) is 4.88 Å². The second-order valence-corrected chi connectivity index (χ2v) is 5.53. The molecule has 0 aliphatic carbocycles. The fourth-order valence-electron chi connectivity index (χ4n) is 2.02. The van der Waals surface area contributed by atoms with E-state index < -0.39 is 0 Å². The molecule has 0 aliphatic heterocycles. The lowest BCUT2D eigenvalue weighted by molar-refractivity contribution is 0.421. The maximum Gasteiger partial charge on any atom is 0.269 e. The Labute approximate surface area is 124 Å². The van der Waals surface area contributed by atoms with E-state index in [-0.39, 0.29) is 17.7 Å². The van der Waals surface area contributed by atoms with Crippen LogP contribution in [0.5, 0.6) is 0 Å². The molecule has 5 nitrogen and oxygen atoms in total. The summed E-state index contributed by atoms with van der Waals surface area (Å²) in [7, 11) is 0. The van der Waals surface area contributed by atoms with Crippen molar-refractivity contribution in [1.82, 2.24) is 9.72 Å². The topological polar surface area (TPSA) is 71.8 Å². The van der Waals surface area contributed by atoms with Crippen LogP contribution in [0.4, 0.5) is 0 Å². The number of thiophene rings is 1. The molecule has 104 valence electrons. The number of hydrogen-bond donors (Lipinski definition) is 0. The van der Waals surface area contributed by atoms with Gasteiger partial charge in [-0.25, -0.2) is 0 Å². The average molecular weight is 297 g/mol. The first kappa shape index (κ1) is 13.3. The number of aromatic nitrogens is 2. The molecule has 3 aromatic heterocycles. The van der Waals surface area contributed by atoms with E-state index in [0.29, 0.717) is 17.0 Å². The molecular weight excluding hydrogens is 286 g/mol. The van der Waals surface area contributed by atoms with E-state index in [9.17, 15) is 4.79 Å². The van der Waals surface area contributed by atoms with Crippen LogP contribution in [0.1, 0.15) is 16.8 Å². The van der Waals surface area contributed by atoms with Crippen molar-refractivity contribution in [2.45, 2.75) is 13.5 Å². The molecule has 0 atom stereocenters. The molecule has 0 radical (unpaired) electrons. The highest BCUT2D eigenvalue weighted by molar-refractivity contribution is 7.13. The Hall–Kier alpha value is -2.65. The van der Waals surface area contributed by atoms with Crippen LogP contribution in [0.2, 0.25) is 0 Å². The number of nitrogens with zero attached hydrogens (tertiary/aromatic N) is 3. The molecule has 0 bridgehead atoms. The molecule has 0 aromatic carbocycles. The molecular formula is C15H11N3O2S. The molecule has 0 fully saturated rings. The first-order chi connectivity index (χ1) is 10.2. The Bertz CT molecular complexity index is 869. The molecule has 0 unspecified atom stereocenters. The fraction of sp³-hybridized carbons (Fsp3) is 0.133. The van der Waals surface area contributed by atoms with Crippen molar-refractivity contribution in [2.75, 3.05) is 0 Å². The SMILES string of the molecule is Cc1ccn(Cc2cc(-c3cccs3)on2)c(=O)c1C#N. The number of nitriles is 1. The lowest BCUT2D eigenvalue weighted by atomic mass is 10.2. The monoisotopic (exact) mass is 297 g/mol. The maximum atomic E-state index is 12.1. The van der Waals surface area contributed by atoms with E-state index in [1.807, 2.05) is 29.6 Å². The van der Waals surface area contributed by atoms with Gasteiger partial charge in [0.15, 0.2) is 5.76 Å².